The molecule has 0 bridgehead atoms. The summed E-state index contributed by atoms with van der Waals surface area (Å²) in [6.07, 6.45) is 4.01. The summed E-state index contributed by atoms with van der Waals surface area (Å²) in [5.74, 6) is 0. The minimum Gasteiger partial charge on any atom is -0.312 e. The van der Waals surface area contributed by atoms with Crippen LogP contribution in [0.2, 0.25) is 0 Å². The fourth-order valence-corrected chi connectivity index (χ4v) is 1.48. The summed E-state index contributed by atoms with van der Waals surface area (Å²) in [6, 6.07) is 6.48. The van der Waals surface area contributed by atoms with Gasteiger partial charge in [-0.3, -0.25) is 4.98 Å². The molecule has 0 aromatic carbocycles. The minimum atomic E-state index is 0.341. The van der Waals surface area contributed by atoms with E-state index in [9.17, 15) is 0 Å². The van der Waals surface area contributed by atoms with Gasteiger partial charge >= 0.3 is 0 Å². The number of hydrogen-bond donors (Lipinski definition) is 1. The third kappa shape index (κ3) is 2.96. The topological polar surface area (TPSA) is 24.9 Å². The van der Waals surface area contributed by atoms with Crippen molar-refractivity contribution in [3.8, 4) is 0 Å². The average Bonchev–Trinajstić information content (AvgIpc) is 2.19. The molecule has 1 unspecified atom stereocenters. The second-order valence-electron chi connectivity index (χ2n) is 3.41. The van der Waals surface area contributed by atoms with E-state index in [1.54, 1.807) is 0 Å². The van der Waals surface area contributed by atoms with Crippen LogP contribution in [0.25, 0.3) is 0 Å². The predicted molar refractivity (Wildman–Crippen MR) is 60.2 cm³/mol. The average molecular weight is 190 g/mol. The normalized spacial score (nSPS) is 12.4. The van der Waals surface area contributed by atoms with Crippen molar-refractivity contribution < 1.29 is 0 Å². The molecular formula is C12H18N2. The Hall–Kier alpha value is -1.15. The summed E-state index contributed by atoms with van der Waals surface area (Å²) >= 11 is 0. The van der Waals surface area contributed by atoms with Crippen molar-refractivity contribution in [2.24, 2.45) is 0 Å². The molecule has 2 heteroatoms. The lowest BCUT2D eigenvalue weighted by atomic mass is 10.1. The molecule has 1 N–H and O–H groups in total. The summed E-state index contributed by atoms with van der Waals surface area (Å²) in [5.41, 5.74) is 2.19. The Morgan fingerprint density at radius 1 is 1.57 bits per heavy atom. The molecular weight excluding hydrogens is 172 g/mol. The molecule has 0 aliphatic rings. The first-order valence-corrected chi connectivity index (χ1v) is 4.99. The maximum absolute atomic E-state index is 4.50. The Kier molecular flexibility index (Phi) is 4.33. The van der Waals surface area contributed by atoms with Gasteiger partial charge < -0.3 is 5.32 Å². The smallest absolute Gasteiger partial charge is 0.0576 e. The maximum Gasteiger partial charge on any atom is 0.0576 e. The molecule has 0 saturated carbocycles. The Labute approximate surface area is 86.1 Å². The molecule has 0 fully saturated rings. The minimum absolute atomic E-state index is 0.341. The van der Waals surface area contributed by atoms with Gasteiger partial charge in [0.25, 0.3) is 0 Å². The van der Waals surface area contributed by atoms with Crippen LogP contribution in [0, 0.1) is 6.92 Å². The monoisotopic (exact) mass is 190 g/mol. The summed E-state index contributed by atoms with van der Waals surface area (Å²) in [6.45, 7) is 5.75. The Bertz CT molecular complexity index is 294. The van der Waals surface area contributed by atoms with E-state index in [0.717, 1.165) is 24.2 Å². The van der Waals surface area contributed by atoms with Crippen molar-refractivity contribution in [1.29, 1.82) is 0 Å². The molecule has 1 aromatic heterocycles. The third-order valence-corrected chi connectivity index (χ3v) is 2.27. The lowest BCUT2D eigenvalue weighted by molar-refractivity contribution is 0.540. The van der Waals surface area contributed by atoms with Crippen LogP contribution in [0.1, 0.15) is 30.3 Å². The number of hydrogen-bond acceptors (Lipinski definition) is 2. The SMILES string of the molecule is C=CCCC(NC)c1cccc(C)n1. The second-order valence-corrected chi connectivity index (χ2v) is 3.41. The largest absolute Gasteiger partial charge is 0.312 e. The van der Waals surface area contributed by atoms with Crippen molar-refractivity contribution in [3.63, 3.8) is 0 Å². The van der Waals surface area contributed by atoms with Gasteiger partial charge in [-0.15, -0.1) is 6.58 Å². The van der Waals surface area contributed by atoms with Crippen LogP contribution >= 0.6 is 0 Å². The zero-order valence-electron chi connectivity index (χ0n) is 8.96. The highest BCUT2D eigenvalue weighted by atomic mass is 14.9. The zero-order chi connectivity index (χ0) is 10.4. The first-order valence-electron chi connectivity index (χ1n) is 4.99. The molecule has 0 amide bonds. The molecule has 0 radical (unpaired) electrons. The molecule has 1 heterocycles. The highest BCUT2D eigenvalue weighted by Gasteiger charge is 2.08. The van der Waals surface area contributed by atoms with Crippen molar-refractivity contribution in [3.05, 3.63) is 42.2 Å². The quantitative estimate of drug-likeness (QED) is 0.722. The molecule has 1 atom stereocenters. The number of allylic oxidation sites excluding steroid dienone is 1. The van der Waals surface area contributed by atoms with Crippen LogP contribution in [0.3, 0.4) is 0 Å². The van der Waals surface area contributed by atoms with E-state index in [2.05, 4.69) is 29.0 Å². The maximum atomic E-state index is 4.50. The molecule has 76 valence electrons. The third-order valence-electron chi connectivity index (χ3n) is 2.27. The number of pyridine rings is 1. The molecule has 1 rings (SSSR count). The highest BCUT2D eigenvalue weighted by Crippen LogP contribution is 2.16. The number of aryl methyl sites for hydroxylation is 1. The fraction of sp³-hybridized carbons (Fsp3) is 0.417. The Balaban J connectivity index is 2.72. The van der Waals surface area contributed by atoms with E-state index < -0.39 is 0 Å². The first kappa shape index (κ1) is 10.9. The van der Waals surface area contributed by atoms with Gasteiger partial charge in [-0.2, -0.15) is 0 Å². The predicted octanol–water partition coefficient (Wildman–Crippen LogP) is 2.62. The number of aromatic nitrogens is 1. The molecule has 0 aliphatic heterocycles. The van der Waals surface area contributed by atoms with E-state index in [1.807, 2.05) is 26.1 Å². The van der Waals surface area contributed by atoms with Crippen molar-refractivity contribution >= 4 is 0 Å². The summed E-state index contributed by atoms with van der Waals surface area (Å²) in [7, 11) is 1.97. The lowest BCUT2D eigenvalue weighted by Gasteiger charge is -2.14. The van der Waals surface area contributed by atoms with E-state index in [1.165, 1.54) is 0 Å². The lowest BCUT2D eigenvalue weighted by Crippen LogP contribution is -2.17. The van der Waals surface area contributed by atoms with Crippen molar-refractivity contribution in [2.45, 2.75) is 25.8 Å². The van der Waals surface area contributed by atoms with Gasteiger partial charge in [0, 0.05) is 11.7 Å². The van der Waals surface area contributed by atoms with Crippen LogP contribution in [-0.4, -0.2) is 12.0 Å². The Morgan fingerprint density at radius 2 is 2.36 bits per heavy atom. The molecule has 2 nitrogen and oxygen atoms in total. The Morgan fingerprint density at radius 3 is 2.93 bits per heavy atom. The van der Waals surface area contributed by atoms with Crippen molar-refractivity contribution in [1.82, 2.24) is 10.3 Å². The van der Waals surface area contributed by atoms with Gasteiger partial charge in [-0.25, -0.2) is 0 Å². The van der Waals surface area contributed by atoms with Crippen LogP contribution in [-0.2, 0) is 0 Å². The van der Waals surface area contributed by atoms with Crippen LogP contribution in [0.4, 0.5) is 0 Å². The van der Waals surface area contributed by atoms with Gasteiger partial charge in [0.15, 0.2) is 0 Å². The first-order chi connectivity index (χ1) is 6.77. The highest BCUT2D eigenvalue weighted by molar-refractivity contribution is 5.13. The van der Waals surface area contributed by atoms with Gasteiger partial charge in [0.1, 0.15) is 0 Å². The van der Waals surface area contributed by atoms with Gasteiger partial charge in [0.2, 0.25) is 0 Å². The molecule has 0 aliphatic carbocycles. The van der Waals surface area contributed by atoms with Crippen LogP contribution in [0.5, 0.6) is 0 Å². The van der Waals surface area contributed by atoms with E-state index >= 15 is 0 Å². The van der Waals surface area contributed by atoms with Gasteiger partial charge in [-0.1, -0.05) is 12.1 Å². The number of nitrogens with one attached hydrogen (secondary N) is 1. The summed E-state index contributed by atoms with van der Waals surface area (Å²) < 4.78 is 0. The van der Waals surface area contributed by atoms with Gasteiger partial charge in [-0.05, 0) is 38.9 Å². The summed E-state index contributed by atoms with van der Waals surface area (Å²) in [5, 5.41) is 3.27. The molecule has 14 heavy (non-hydrogen) atoms. The van der Waals surface area contributed by atoms with E-state index in [0.29, 0.717) is 6.04 Å². The number of nitrogens with zero attached hydrogens (tertiary/aromatic N) is 1. The molecule has 1 aromatic rings. The van der Waals surface area contributed by atoms with E-state index in [4.69, 9.17) is 0 Å². The second kappa shape index (κ2) is 5.55. The zero-order valence-corrected chi connectivity index (χ0v) is 8.96. The van der Waals surface area contributed by atoms with Crippen LogP contribution in [0.15, 0.2) is 30.9 Å². The van der Waals surface area contributed by atoms with Crippen molar-refractivity contribution in [2.75, 3.05) is 7.05 Å². The van der Waals surface area contributed by atoms with Crippen LogP contribution < -0.4 is 5.32 Å². The molecule has 0 saturated heterocycles. The van der Waals surface area contributed by atoms with E-state index in [-0.39, 0.29) is 0 Å². The fourth-order valence-electron chi connectivity index (χ4n) is 1.48. The summed E-state index contributed by atoms with van der Waals surface area (Å²) in [4.78, 5) is 4.50. The van der Waals surface area contributed by atoms with Gasteiger partial charge in [0.05, 0.1) is 5.69 Å². The molecule has 0 spiro atoms. The number of rotatable bonds is 5. The standard InChI is InChI=1S/C12H18N2/c1-4-5-8-11(13-3)12-9-6-7-10(2)14-12/h4,6-7,9,11,13H,1,5,8H2,2-3H3.